The second-order valence-electron chi connectivity index (χ2n) is 6.36. The van der Waals surface area contributed by atoms with Gasteiger partial charge in [-0.05, 0) is 24.3 Å². The van der Waals surface area contributed by atoms with Crippen LogP contribution >= 0.6 is 0 Å². The van der Waals surface area contributed by atoms with Crippen LogP contribution in [0.3, 0.4) is 0 Å². The van der Waals surface area contributed by atoms with Crippen molar-refractivity contribution in [1.29, 1.82) is 0 Å². The topological polar surface area (TPSA) is 65.1 Å². The van der Waals surface area contributed by atoms with Gasteiger partial charge in [0.2, 0.25) is 0 Å². The van der Waals surface area contributed by atoms with Crippen molar-refractivity contribution >= 4 is 11.7 Å². The molecule has 2 aromatic carbocycles. The molecule has 0 N–H and O–H groups in total. The van der Waals surface area contributed by atoms with E-state index in [1.54, 1.807) is 55.5 Å². The maximum absolute atomic E-state index is 12.4. The number of carbonyl (C=O) groups is 2. The Morgan fingerprint density at radius 1 is 0.889 bits per heavy atom. The number of amides is 1. The molecule has 1 aliphatic rings. The zero-order valence-corrected chi connectivity index (χ0v) is 15.5. The molecule has 0 aromatic heterocycles. The van der Waals surface area contributed by atoms with Gasteiger partial charge in [0, 0.05) is 38.4 Å². The Labute approximate surface area is 158 Å². The summed E-state index contributed by atoms with van der Waals surface area (Å²) in [7, 11) is 3.22. The fourth-order valence-electron chi connectivity index (χ4n) is 3.10. The minimum Gasteiger partial charge on any atom is -0.484 e. The van der Waals surface area contributed by atoms with Crippen LogP contribution in [0.5, 0.6) is 5.75 Å². The summed E-state index contributed by atoms with van der Waals surface area (Å²) in [6, 6.07) is 15.9. The molecule has 0 unspecified atom stereocenters. The molecule has 3 rings (SSSR count). The van der Waals surface area contributed by atoms with E-state index in [1.165, 1.54) is 0 Å². The Kier molecular flexibility index (Phi) is 6.21. The lowest BCUT2D eigenvalue weighted by Gasteiger charge is -2.16. The standard InChI is InChI=1S/C21H23NO5/c1-25-18-12-22(13-19(18)26-2)20(23)14-27-17-10-8-16(9-11-17)21(24)15-6-4-3-5-7-15/h3-11,18-19H,12-14H2,1-2H3/t18-,19+. The first-order valence-corrected chi connectivity index (χ1v) is 8.78. The van der Waals surface area contributed by atoms with E-state index >= 15 is 0 Å². The van der Waals surface area contributed by atoms with Crippen molar-refractivity contribution < 1.29 is 23.8 Å². The molecule has 0 aliphatic carbocycles. The smallest absolute Gasteiger partial charge is 0.260 e. The van der Waals surface area contributed by atoms with Gasteiger partial charge in [-0.2, -0.15) is 0 Å². The van der Waals surface area contributed by atoms with Crippen LogP contribution in [0.15, 0.2) is 54.6 Å². The maximum atomic E-state index is 12.4. The third kappa shape index (κ3) is 4.53. The molecule has 1 saturated heterocycles. The van der Waals surface area contributed by atoms with E-state index in [1.807, 2.05) is 18.2 Å². The van der Waals surface area contributed by atoms with Gasteiger partial charge in [-0.15, -0.1) is 0 Å². The van der Waals surface area contributed by atoms with Gasteiger partial charge in [0.05, 0.1) is 0 Å². The highest BCUT2D eigenvalue weighted by molar-refractivity contribution is 6.08. The Morgan fingerprint density at radius 3 is 2.00 bits per heavy atom. The molecule has 1 heterocycles. The third-order valence-corrected chi connectivity index (χ3v) is 4.69. The molecule has 1 fully saturated rings. The predicted molar refractivity (Wildman–Crippen MR) is 100.0 cm³/mol. The van der Waals surface area contributed by atoms with Crippen LogP contribution in [0.4, 0.5) is 0 Å². The first-order valence-electron chi connectivity index (χ1n) is 8.78. The molecule has 0 bridgehead atoms. The molecule has 6 nitrogen and oxygen atoms in total. The molecule has 2 aromatic rings. The second kappa shape index (κ2) is 8.79. The number of hydrogen-bond donors (Lipinski definition) is 0. The zero-order chi connectivity index (χ0) is 19.2. The molecule has 27 heavy (non-hydrogen) atoms. The Hall–Kier alpha value is -2.70. The first-order chi connectivity index (χ1) is 13.1. The van der Waals surface area contributed by atoms with Gasteiger partial charge < -0.3 is 19.1 Å². The summed E-state index contributed by atoms with van der Waals surface area (Å²) in [5.41, 5.74) is 1.21. The molecule has 0 spiro atoms. The highest BCUT2D eigenvalue weighted by Crippen LogP contribution is 2.18. The van der Waals surface area contributed by atoms with E-state index < -0.39 is 0 Å². The second-order valence-corrected chi connectivity index (χ2v) is 6.36. The fraction of sp³-hybridized carbons (Fsp3) is 0.333. The van der Waals surface area contributed by atoms with Crippen LogP contribution in [-0.2, 0) is 14.3 Å². The van der Waals surface area contributed by atoms with Crippen LogP contribution < -0.4 is 4.74 Å². The summed E-state index contributed by atoms with van der Waals surface area (Å²) in [4.78, 5) is 26.4. The number of methoxy groups -OCH3 is 2. The Morgan fingerprint density at radius 2 is 1.44 bits per heavy atom. The lowest BCUT2D eigenvalue weighted by Crippen LogP contribution is -2.34. The largest absolute Gasteiger partial charge is 0.484 e. The molecule has 0 saturated carbocycles. The van der Waals surface area contributed by atoms with Gasteiger partial charge >= 0.3 is 0 Å². The number of ketones is 1. The number of rotatable bonds is 7. The number of carbonyl (C=O) groups excluding carboxylic acids is 2. The van der Waals surface area contributed by atoms with Crippen LogP contribution in [0.1, 0.15) is 15.9 Å². The number of nitrogens with zero attached hydrogens (tertiary/aromatic N) is 1. The highest BCUT2D eigenvalue weighted by Gasteiger charge is 2.35. The predicted octanol–water partition coefficient (Wildman–Crippen LogP) is 2.17. The van der Waals surface area contributed by atoms with Crippen LogP contribution in [0.25, 0.3) is 0 Å². The van der Waals surface area contributed by atoms with E-state index in [0.29, 0.717) is 30.0 Å². The van der Waals surface area contributed by atoms with Crippen LogP contribution in [0, 0.1) is 0 Å². The maximum Gasteiger partial charge on any atom is 0.260 e. The van der Waals surface area contributed by atoms with Gasteiger partial charge in [0.25, 0.3) is 5.91 Å². The van der Waals surface area contributed by atoms with Gasteiger partial charge in [-0.25, -0.2) is 0 Å². The first kappa shape index (κ1) is 19.1. The minimum absolute atomic E-state index is 0.0495. The van der Waals surface area contributed by atoms with Crippen molar-refractivity contribution in [3.8, 4) is 5.75 Å². The highest BCUT2D eigenvalue weighted by atomic mass is 16.5. The normalized spacial score (nSPS) is 19.1. The summed E-state index contributed by atoms with van der Waals surface area (Å²) in [5, 5.41) is 0. The third-order valence-electron chi connectivity index (χ3n) is 4.69. The quantitative estimate of drug-likeness (QED) is 0.700. The van der Waals surface area contributed by atoms with Crippen molar-refractivity contribution in [2.45, 2.75) is 12.2 Å². The SMILES string of the molecule is CO[C@H]1CN(C(=O)COc2ccc(C(=O)c3ccccc3)cc2)C[C@H]1OC. The summed E-state index contributed by atoms with van der Waals surface area (Å²) < 4.78 is 16.3. The molecule has 6 heteroatoms. The van der Waals surface area contributed by atoms with E-state index in [9.17, 15) is 9.59 Å². The average Bonchev–Trinajstić information content (AvgIpc) is 3.16. The van der Waals surface area contributed by atoms with E-state index in [0.717, 1.165) is 0 Å². The van der Waals surface area contributed by atoms with Crippen molar-refractivity contribution in [3.05, 3.63) is 65.7 Å². The van der Waals surface area contributed by atoms with Gasteiger partial charge in [-0.3, -0.25) is 9.59 Å². The van der Waals surface area contributed by atoms with Gasteiger partial charge in [-0.1, -0.05) is 30.3 Å². The summed E-state index contributed by atoms with van der Waals surface area (Å²) >= 11 is 0. The lowest BCUT2D eigenvalue weighted by molar-refractivity contribution is -0.132. The molecular weight excluding hydrogens is 346 g/mol. The molecule has 1 amide bonds. The van der Waals surface area contributed by atoms with Crippen LogP contribution in [-0.4, -0.2) is 62.7 Å². The number of benzene rings is 2. The summed E-state index contributed by atoms with van der Waals surface area (Å²) in [6.45, 7) is 0.905. The van der Waals surface area contributed by atoms with Gasteiger partial charge in [0.1, 0.15) is 18.0 Å². The van der Waals surface area contributed by atoms with Crippen molar-refractivity contribution in [2.75, 3.05) is 33.9 Å². The lowest BCUT2D eigenvalue weighted by atomic mass is 10.0. The zero-order valence-electron chi connectivity index (χ0n) is 15.5. The van der Waals surface area contributed by atoms with Crippen molar-refractivity contribution in [2.24, 2.45) is 0 Å². The number of ether oxygens (including phenoxy) is 3. The summed E-state index contributed by atoms with van der Waals surface area (Å²) in [6.07, 6.45) is -0.246. The van der Waals surface area contributed by atoms with Crippen molar-refractivity contribution in [3.63, 3.8) is 0 Å². The average molecular weight is 369 g/mol. The van der Waals surface area contributed by atoms with E-state index in [4.69, 9.17) is 14.2 Å². The number of likely N-dealkylation sites (tertiary alicyclic amines) is 1. The van der Waals surface area contributed by atoms with Crippen LogP contribution in [0.2, 0.25) is 0 Å². The van der Waals surface area contributed by atoms with E-state index in [-0.39, 0.29) is 30.5 Å². The fourth-order valence-corrected chi connectivity index (χ4v) is 3.10. The van der Waals surface area contributed by atoms with Gasteiger partial charge in [0.15, 0.2) is 12.4 Å². The molecular formula is C21H23NO5. The minimum atomic E-state index is -0.124. The molecule has 0 radical (unpaired) electrons. The number of hydrogen-bond acceptors (Lipinski definition) is 5. The Balaban J connectivity index is 1.55. The molecule has 2 atom stereocenters. The summed E-state index contributed by atoms with van der Waals surface area (Å²) in [5.74, 6) is 0.367. The van der Waals surface area contributed by atoms with Crippen molar-refractivity contribution in [1.82, 2.24) is 4.90 Å². The molecule has 142 valence electrons. The van der Waals surface area contributed by atoms with E-state index in [2.05, 4.69) is 0 Å². The molecule has 1 aliphatic heterocycles. The Bertz CT molecular complexity index is 763. The monoisotopic (exact) mass is 369 g/mol.